The van der Waals surface area contributed by atoms with Crippen LogP contribution >= 0.6 is 0 Å². The zero-order chi connectivity index (χ0) is 21.6. The van der Waals surface area contributed by atoms with Crippen LogP contribution < -0.4 is 11.1 Å². The van der Waals surface area contributed by atoms with Crippen LogP contribution in [-0.2, 0) is 6.54 Å². The van der Waals surface area contributed by atoms with E-state index in [0.717, 1.165) is 24.0 Å². The van der Waals surface area contributed by atoms with Crippen molar-refractivity contribution in [2.24, 2.45) is 5.73 Å². The molecule has 1 saturated carbocycles. The largest absolute Gasteiger partial charge is 0.395 e. The Morgan fingerprint density at radius 1 is 1.43 bits per heavy atom. The third-order valence-corrected chi connectivity index (χ3v) is 5.63. The highest BCUT2D eigenvalue weighted by Crippen LogP contribution is 2.53. The minimum absolute atomic E-state index is 0.0241. The predicted molar refractivity (Wildman–Crippen MR) is 109 cm³/mol. The highest BCUT2D eigenvalue weighted by Gasteiger charge is 2.41. The number of aliphatic hydroxyl groups excluding tert-OH is 1. The molecule has 7 nitrogen and oxygen atoms in total. The Hall–Kier alpha value is -2.73. The number of hydrogen-bond acceptors (Lipinski definition) is 5. The third kappa shape index (κ3) is 3.60. The molecule has 0 spiro atoms. The van der Waals surface area contributed by atoms with Gasteiger partial charge in [-0.15, -0.1) is 0 Å². The zero-order valence-electron chi connectivity index (χ0n) is 17.0. The summed E-state index contributed by atoms with van der Waals surface area (Å²) in [5, 5.41) is 22.0. The molecule has 1 aromatic carbocycles. The molecule has 1 amide bonds. The van der Waals surface area contributed by atoms with Crippen molar-refractivity contribution in [2.45, 2.75) is 50.8 Å². The minimum Gasteiger partial charge on any atom is -0.395 e. The van der Waals surface area contributed by atoms with Crippen LogP contribution in [0, 0.1) is 17.7 Å². The van der Waals surface area contributed by atoms with Gasteiger partial charge in [-0.1, -0.05) is 11.8 Å². The smallest absolute Gasteiger partial charge is 0.269 e. The molecule has 8 heteroatoms. The summed E-state index contributed by atoms with van der Waals surface area (Å²) >= 11 is 0. The number of benzene rings is 1. The molecule has 0 unspecified atom stereocenters. The first-order valence-electron chi connectivity index (χ1n) is 10.0. The Morgan fingerprint density at radius 3 is 2.80 bits per heavy atom. The van der Waals surface area contributed by atoms with E-state index in [1.165, 1.54) is 19.9 Å². The number of hydrogen-bond donors (Lipinski definition) is 4. The van der Waals surface area contributed by atoms with Gasteiger partial charge in [0.2, 0.25) is 0 Å². The van der Waals surface area contributed by atoms with Gasteiger partial charge in [-0.3, -0.25) is 4.79 Å². The van der Waals surface area contributed by atoms with Crippen LogP contribution in [0.3, 0.4) is 0 Å². The van der Waals surface area contributed by atoms with Gasteiger partial charge in [-0.2, -0.15) is 0 Å². The quantitative estimate of drug-likeness (QED) is 0.438. The zero-order valence-corrected chi connectivity index (χ0v) is 17.0. The number of halogens is 1. The van der Waals surface area contributed by atoms with Crippen molar-refractivity contribution in [2.75, 3.05) is 13.2 Å². The van der Waals surface area contributed by atoms with E-state index < -0.39 is 17.3 Å². The van der Waals surface area contributed by atoms with E-state index >= 15 is 0 Å². The van der Waals surface area contributed by atoms with Crippen molar-refractivity contribution in [1.29, 1.82) is 0 Å². The van der Waals surface area contributed by atoms with Crippen molar-refractivity contribution < 1.29 is 19.4 Å². The van der Waals surface area contributed by atoms with E-state index in [-0.39, 0.29) is 29.8 Å². The molecule has 30 heavy (non-hydrogen) atoms. The molecule has 5 N–H and O–H groups in total. The van der Waals surface area contributed by atoms with Gasteiger partial charge in [0.1, 0.15) is 17.2 Å². The fourth-order valence-electron chi connectivity index (χ4n) is 4.19. The van der Waals surface area contributed by atoms with Crippen molar-refractivity contribution in [3.05, 3.63) is 40.5 Å². The summed E-state index contributed by atoms with van der Waals surface area (Å²) in [6.45, 7) is 3.77. The number of aromatic nitrogens is 2. The van der Waals surface area contributed by atoms with E-state index in [0.29, 0.717) is 24.6 Å². The maximum Gasteiger partial charge on any atom is 0.269 e. The summed E-state index contributed by atoms with van der Waals surface area (Å²) in [6, 6.07) is 3.30. The molecule has 1 aliphatic carbocycles. The van der Waals surface area contributed by atoms with E-state index in [1.54, 1.807) is 6.07 Å². The number of carbonyl (C=O) groups excluding carboxylic acids is 1. The molecule has 0 atom stereocenters. The normalized spacial score (nSPS) is 19.1. The fourth-order valence-corrected chi connectivity index (χ4v) is 4.19. The molecule has 0 radical (unpaired) electrons. The molecule has 158 valence electrons. The van der Waals surface area contributed by atoms with Crippen LogP contribution in [-0.4, -0.2) is 44.4 Å². The van der Waals surface area contributed by atoms with Gasteiger partial charge in [0.15, 0.2) is 5.69 Å². The lowest BCUT2D eigenvalue weighted by Gasteiger charge is -2.35. The Morgan fingerprint density at radius 2 is 2.17 bits per heavy atom. The first-order chi connectivity index (χ1) is 14.2. The maximum absolute atomic E-state index is 14.8. The molecule has 0 saturated heterocycles. The number of nitrogens with two attached hydrogens (primary N) is 1. The molecule has 2 aliphatic heterocycles. The van der Waals surface area contributed by atoms with Crippen LogP contribution in [0.5, 0.6) is 0 Å². The highest BCUT2D eigenvalue weighted by molar-refractivity contribution is 5.93. The van der Waals surface area contributed by atoms with Crippen molar-refractivity contribution in [1.82, 2.24) is 14.9 Å². The number of imidazole rings is 1. The number of amides is 1. The van der Waals surface area contributed by atoms with Crippen molar-refractivity contribution in [3.8, 4) is 23.2 Å². The van der Waals surface area contributed by atoms with Crippen LogP contribution in [0.25, 0.3) is 11.4 Å². The standard InChI is InChI=1S/C22H25FN4O3/c1-22(2,30)4-3-12-9-16-15(10-17(12)23)13-7-14(8-13)27-18(11-25-5-6-28)19(20(24)29)26-21(16)27/h9-10,13-14,25,28,30H,5-8,11H2,1-2H3,(H2,24,29). The van der Waals surface area contributed by atoms with Crippen molar-refractivity contribution >= 4 is 5.91 Å². The summed E-state index contributed by atoms with van der Waals surface area (Å²) in [6.07, 6.45) is 1.66. The molecular formula is C22H25FN4O3. The second-order valence-electron chi connectivity index (χ2n) is 8.42. The molecular weight excluding hydrogens is 387 g/mol. The second-order valence-corrected chi connectivity index (χ2v) is 8.42. The lowest BCUT2D eigenvalue weighted by atomic mass is 9.75. The average Bonchev–Trinajstić information content (AvgIpc) is 2.87. The van der Waals surface area contributed by atoms with E-state index in [4.69, 9.17) is 10.8 Å². The molecule has 3 heterocycles. The average molecular weight is 412 g/mol. The molecule has 5 rings (SSSR count). The van der Waals surface area contributed by atoms with Crippen molar-refractivity contribution in [3.63, 3.8) is 0 Å². The number of nitrogens with one attached hydrogen (secondary N) is 1. The van der Waals surface area contributed by atoms with Gasteiger partial charge in [0, 0.05) is 24.7 Å². The van der Waals surface area contributed by atoms with E-state index in [9.17, 15) is 14.3 Å². The van der Waals surface area contributed by atoms with Gasteiger partial charge in [0.05, 0.1) is 17.9 Å². The minimum atomic E-state index is -1.25. The number of rotatable bonds is 5. The molecule has 2 aromatic rings. The molecule has 2 bridgehead atoms. The fraction of sp³-hybridized carbons (Fsp3) is 0.455. The molecule has 3 aliphatic rings. The van der Waals surface area contributed by atoms with Crippen LogP contribution in [0.1, 0.15) is 66.0 Å². The highest BCUT2D eigenvalue weighted by atomic mass is 19.1. The maximum atomic E-state index is 14.8. The lowest BCUT2D eigenvalue weighted by Crippen LogP contribution is -2.28. The topological polar surface area (TPSA) is 113 Å². The Labute approximate surface area is 174 Å². The summed E-state index contributed by atoms with van der Waals surface area (Å²) in [4.78, 5) is 16.6. The number of nitrogens with zero attached hydrogens (tertiary/aromatic N) is 2. The summed E-state index contributed by atoms with van der Waals surface area (Å²) < 4.78 is 16.8. The SMILES string of the molecule is CC(C)(O)C#Cc1cc2c(cc1F)C1CC(C1)n1c-2nc(C(N)=O)c1CNCCO. The van der Waals surface area contributed by atoms with Gasteiger partial charge in [-0.25, -0.2) is 9.37 Å². The van der Waals surface area contributed by atoms with Gasteiger partial charge < -0.3 is 25.8 Å². The van der Waals surface area contributed by atoms with Crippen LogP contribution in [0.15, 0.2) is 12.1 Å². The number of aliphatic hydroxyl groups is 2. The van der Waals surface area contributed by atoms with Gasteiger partial charge >= 0.3 is 0 Å². The number of carbonyl (C=O) groups is 1. The van der Waals surface area contributed by atoms with Crippen LogP contribution in [0.4, 0.5) is 4.39 Å². The first-order valence-corrected chi connectivity index (χ1v) is 10.0. The van der Waals surface area contributed by atoms with E-state index in [2.05, 4.69) is 22.1 Å². The molecule has 1 fully saturated rings. The van der Waals surface area contributed by atoms with Crippen LogP contribution in [0.2, 0.25) is 0 Å². The van der Waals surface area contributed by atoms with Gasteiger partial charge in [0.25, 0.3) is 5.91 Å². The summed E-state index contributed by atoms with van der Waals surface area (Å²) in [5.41, 5.74) is 6.97. The summed E-state index contributed by atoms with van der Waals surface area (Å²) in [7, 11) is 0. The Balaban J connectivity index is 1.88. The Bertz CT molecular complexity index is 1070. The Kier molecular flexibility index (Phi) is 5.14. The lowest BCUT2D eigenvalue weighted by molar-refractivity contribution is 0.0994. The first kappa shape index (κ1) is 20.5. The van der Waals surface area contributed by atoms with E-state index in [1.807, 2.05) is 4.57 Å². The van der Waals surface area contributed by atoms with Gasteiger partial charge in [-0.05, 0) is 50.3 Å². The summed E-state index contributed by atoms with van der Waals surface area (Å²) in [5.74, 6) is 5.10. The predicted octanol–water partition coefficient (Wildman–Crippen LogP) is 1.42. The second kappa shape index (κ2) is 7.51. The third-order valence-electron chi connectivity index (χ3n) is 5.63. The molecule has 1 aromatic heterocycles. The number of primary amides is 1. The monoisotopic (exact) mass is 412 g/mol.